The van der Waals surface area contributed by atoms with Crippen LogP contribution in [0.2, 0.25) is 0 Å². The van der Waals surface area contributed by atoms with E-state index < -0.39 is 0 Å². The molecule has 0 bridgehead atoms. The van der Waals surface area contributed by atoms with Gasteiger partial charge in [-0.1, -0.05) is 12.8 Å². The van der Waals surface area contributed by atoms with Gasteiger partial charge in [-0.15, -0.1) is 0 Å². The third-order valence-electron chi connectivity index (χ3n) is 4.57. The van der Waals surface area contributed by atoms with Crippen LogP contribution in [0.4, 0.5) is 4.39 Å². The summed E-state index contributed by atoms with van der Waals surface area (Å²) in [4.78, 5) is 14.8. The van der Waals surface area contributed by atoms with Crippen molar-refractivity contribution in [3.63, 3.8) is 0 Å². The highest BCUT2D eigenvalue weighted by molar-refractivity contribution is 7.07. The molecular formula is C19H23FN2OS. The number of halogens is 1. The summed E-state index contributed by atoms with van der Waals surface area (Å²) in [5.41, 5.74) is 1.76. The Morgan fingerprint density at radius 3 is 2.46 bits per heavy atom. The molecule has 1 aliphatic rings. The molecule has 1 atom stereocenters. The molecule has 24 heavy (non-hydrogen) atoms. The van der Waals surface area contributed by atoms with Gasteiger partial charge < -0.3 is 5.32 Å². The first kappa shape index (κ1) is 17.1. The van der Waals surface area contributed by atoms with Crippen molar-refractivity contribution in [2.75, 3.05) is 19.6 Å². The molecule has 1 amide bonds. The summed E-state index contributed by atoms with van der Waals surface area (Å²) in [7, 11) is 0. The van der Waals surface area contributed by atoms with E-state index in [0.717, 1.165) is 13.1 Å². The number of amides is 1. The lowest BCUT2D eigenvalue weighted by molar-refractivity contribution is 0.0933. The van der Waals surface area contributed by atoms with Crippen LogP contribution in [0.25, 0.3) is 0 Å². The van der Waals surface area contributed by atoms with E-state index in [9.17, 15) is 9.18 Å². The number of carbonyl (C=O) groups excluding carboxylic acids is 1. The van der Waals surface area contributed by atoms with Gasteiger partial charge in [0.15, 0.2) is 0 Å². The molecule has 1 N–H and O–H groups in total. The lowest BCUT2D eigenvalue weighted by Gasteiger charge is -2.30. The summed E-state index contributed by atoms with van der Waals surface area (Å²) in [5.74, 6) is -0.475. The molecule has 1 aromatic heterocycles. The second kappa shape index (κ2) is 8.40. The maximum Gasteiger partial charge on any atom is 0.251 e. The fraction of sp³-hybridized carbons (Fsp3) is 0.421. The van der Waals surface area contributed by atoms with E-state index in [0.29, 0.717) is 12.1 Å². The minimum atomic E-state index is -0.327. The molecule has 1 aliphatic heterocycles. The van der Waals surface area contributed by atoms with Crippen molar-refractivity contribution >= 4 is 17.2 Å². The topological polar surface area (TPSA) is 32.3 Å². The first-order chi connectivity index (χ1) is 11.7. The second-order valence-electron chi connectivity index (χ2n) is 6.24. The summed E-state index contributed by atoms with van der Waals surface area (Å²) >= 11 is 1.69. The molecule has 0 saturated carbocycles. The van der Waals surface area contributed by atoms with Gasteiger partial charge in [-0.25, -0.2) is 4.39 Å². The minimum Gasteiger partial charge on any atom is -0.350 e. The Kier molecular flexibility index (Phi) is 5.99. The van der Waals surface area contributed by atoms with Crippen molar-refractivity contribution in [2.24, 2.45) is 0 Å². The number of hydrogen-bond donors (Lipinski definition) is 1. The fourth-order valence-electron chi connectivity index (χ4n) is 3.22. The molecule has 1 saturated heterocycles. The number of carbonyl (C=O) groups is 1. The van der Waals surface area contributed by atoms with Gasteiger partial charge >= 0.3 is 0 Å². The highest BCUT2D eigenvalue weighted by atomic mass is 32.1. The first-order valence-corrected chi connectivity index (χ1v) is 9.48. The molecule has 0 aliphatic carbocycles. The van der Waals surface area contributed by atoms with E-state index in [2.05, 4.69) is 27.0 Å². The number of hydrogen-bond acceptors (Lipinski definition) is 3. The van der Waals surface area contributed by atoms with Gasteiger partial charge in [0.05, 0.1) is 6.04 Å². The maximum atomic E-state index is 13.0. The molecule has 0 unspecified atom stereocenters. The minimum absolute atomic E-state index is 0.148. The molecule has 1 aromatic carbocycles. The van der Waals surface area contributed by atoms with E-state index in [1.807, 2.05) is 0 Å². The zero-order valence-electron chi connectivity index (χ0n) is 13.7. The standard InChI is InChI=1S/C19H23FN2OS/c20-17-7-5-15(6-8-17)19(23)21-13-18(16-9-12-24-14-16)22-10-3-1-2-4-11-22/h5-9,12,14,18H,1-4,10-11,13H2,(H,21,23)/t18-/m1/s1. The van der Waals surface area contributed by atoms with Crippen LogP contribution >= 0.6 is 11.3 Å². The van der Waals surface area contributed by atoms with Gasteiger partial charge in [0, 0.05) is 12.1 Å². The zero-order chi connectivity index (χ0) is 16.8. The van der Waals surface area contributed by atoms with E-state index >= 15 is 0 Å². The largest absolute Gasteiger partial charge is 0.350 e. The fourth-order valence-corrected chi connectivity index (χ4v) is 3.93. The van der Waals surface area contributed by atoms with Crippen molar-refractivity contribution in [1.82, 2.24) is 10.2 Å². The molecule has 3 nitrogen and oxygen atoms in total. The Bertz CT molecular complexity index is 634. The van der Waals surface area contributed by atoms with Gasteiger partial charge in [-0.2, -0.15) is 11.3 Å². The first-order valence-electron chi connectivity index (χ1n) is 8.54. The average molecular weight is 346 g/mol. The predicted octanol–water partition coefficient (Wildman–Crippen LogP) is 4.23. The summed E-state index contributed by atoms with van der Waals surface area (Å²) in [6.07, 6.45) is 5.00. The number of nitrogens with one attached hydrogen (secondary N) is 1. The van der Waals surface area contributed by atoms with Crippen molar-refractivity contribution in [2.45, 2.75) is 31.7 Å². The Hall–Kier alpha value is -1.72. The lowest BCUT2D eigenvalue weighted by atomic mass is 10.1. The van der Waals surface area contributed by atoms with Crippen LogP contribution in [0.15, 0.2) is 41.1 Å². The van der Waals surface area contributed by atoms with Crippen LogP contribution in [0.3, 0.4) is 0 Å². The van der Waals surface area contributed by atoms with Crippen LogP contribution < -0.4 is 5.32 Å². The monoisotopic (exact) mass is 346 g/mol. The third kappa shape index (κ3) is 4.42. The molecule has 0 spiro atoms. The van der Waals surface area contributed by atoms with E-state index in [1.165, 1.54) is 55.5 Å². The van der Waals surface area contributed by atoms with Crippen LogP contribution in [0, 0.1) is 5.82 Å². The summed E-state index contributed by atoms with van der Waals surface area (Å²) in [6, 6.07) is 8.04. The predicted molar refractivity (Wildman–Crippen MR) is 95.8 cm³/mol. The van der Waals surface area contributed by atoms with Gasteiger partial charge in [0.2, 0.25) is 0 Å². The highest BCUT2D eigenvalue weighted by Gasteiger charge is 2.22. The summed E-state index contributed by atoms with van der Waals surface area (Å²) in [6.45, 7) is 2.73. The zero-order valence-corrected chi connectivity index (χ0v) is 14.5. The Morgan fingerprint density at radius 2 is 1.83 bits per heavy atom. The van der Waals surface area contributed by atoms with Gasteiger partial charge in [-0.05, 0) is 72.6 Å². The van der Waals surface area contributed by atoms with Crippen molar-refractivity contribution < 1.29 is 9.18 Å². The van der Waals surface area contributed by atoms with E-state index in [1.54, 1.807) is 11.3 Å². The third-order valence-corrected chi connectivity index (χ3v) is 5.27. The molecule has 0 radical (unpaired) electrons. The number of nitrogens with zero attached hydrogens (tertiary/aromatic N) is 1. The lowest BCUT2D eigenvalue weighted by Crippen LogP contribution is -2.38. The van der Waals surface area contributed by atoms with Crippen LogP contribution in [0.1, 0.15) is 47.6 Å². The quantitative estimate of drug-likeness (QED) is 0.878. The van der Waals surface area contributed by atoms with Gasteiger partial charge in [0.1, 0.15) is 5.82 Å². The summed E-state index contributed by atoms with van der Waals surface area (Å²) < 4.78 is 13.0. The molecular weight excluding hydrogens is 323 g/mol. The van der Waals surface area contributed by atoms with Crippen molar-refractivity contribution in [3.05, 3.63) is 58.0 Å². The molecule has 5 heteroatoms. The average Bonchev–Trinajstić information content (AvgIpc) is 2.98. The molecule has 2 aromatic rings. The smallest absolute Gasteiger partial charge is 0.251 e. The highest BCUT2D eigenvalue weighted by Crippen LogP contribution is 2.25. The Balaban J connectivity index is 1.67. The van der Waals surface area contributed by atoms with Gasteiger partial charge in [0.25, 0.3) is 5.91 Å². The molecule has 2 heterocycles. The second-order valence-corrected chi connectivity index (χ2v) is 7.02. The molecule has 3 rings (SSSR count). The van der Waals surface area contributed by atoms with E-state index in [-0.39, 0.29) is 17.8 Å². The molecule has 128 valence electrons. The van der Waals surface area contributed by atoms with E-state index in [4.69, 9.17) is 0 Å². The number of rotatable bonds is 5. The van der Waals surface area contributed by atoms with Crippen LogP contribution in [-0.2, 0) is 0 Å². The van der Waals surface area contributed by atoms with Gasteiger partial charge in [-0.3, -0.25) is 9.69 Å². The van der Waals surface area contributed by atoms with Crippen LogP contribution in [0.5, 0.6) is 0 Å². The number of benzene rings is 1. The Labute approximate surface area is 146 Å². The number of likely N-dealkylation sites (tertiary alicyclic amines) is 1. The summed E-state index contributed by atoms with van der Waals surface area (Å²) in [5, 5.41) is 7.28. The SMILES string of the molecule is O=C(NC[C@H](c1ccsc1)N1CCCCCC1)c1ccc(F)cc1. The maximum absolute atomic E-state index is 13.0. The van der Waals surface area contributed by atoms with Crippen molar-refractivity contribution in [1.29, 1.82) is 0 Å². The molecule has 1 fully saturated rings. The van der Waals surface area contributed by atoms with Crippen molar-refractivity contribution in [3.8, 4) is 0 Å². The normalized spacial score (nSPS) is 17.2. The Morgan fingerprint density at radius 1 is 1.12 bits per heavy atom. The van der Waals surface area contributed by atoms with Crippen LogP contribution in [-0.4, -0.2) is 30.4 Å². The number of thiophene rings is 1.